The second-order valence-corrected chi connectivity index (χ2v) is 8.13. The van der Waals surface area contributed by atoms with Crippen molar-refractivity contribution in [2.45, 2.75) is 0 Å². The van der Waals surface area contributed by atoms with Gasteiger partial charge in [0.2, 0.25) is 0 Å². The first-order valence-corrected chi connectivity index (χ1v) is 11.5. The van der Waals surface area contributed by atoms with Gasteiger partial charge in [-0.15, -0.1) is 35.9 Å². The van der Waals surface area contributed by atoms with E-state index in [-0.39, 0.29) is 21.1 Å². The van der Waals surface area contributed by atoms with Crippen molar-refractivity contribution in [3.63, 3.8) is 0 Å². The maximum absolute atomic E-state index is 5.17. The summed E-state index contributed by atoms with van der Waals surface area (Å²) in [6, 6.07) is 46.8. The molecule has 3 nitrogen and oxygen atoms in total. The molecule has 0 atom stereocenters. The smallest absolute Gasteiger partial charge is 0.278 e. The first kappa shape index (κ1) is 23.7. The number of aromatic nitrogens is 3. The molecule has 7 rings (SSSR count). The molecule has 4 aromatic carbocycles. The summed E-state index contributed by atoms with van der Waals surface area (Å²) >= 11 is 0. The Kier molecular flexibility index (Phi) is 7.02. The third-order valence-corrected chi connectivity index (χ3v) is 5.96. The number of para-hydroxylation sites is 2. The standard InChI is InChI=1S/C26H16N3.C6H5.Pt/c1-2-9-18(10-3-1)20-13-8-11-19-17-22-21-12-4-5-14-23(21)29(26(22)28-25(19)20)24-15-6-7-16-27-24;1-2-4-6-5-3-1;/h1-9,11-17H;1-5H;/q2*-1;+2. The van der Waals surface area contributed by atoms with Crippen molar-refractivity contribution < 1.29 is 21.1 Å². The topological polar surface area (TPSA) is 30.7 Å². The summed E-state index contributed by atoms with van der Waals surface area (Å²) in [7, 11) is 0. The van der Waals surface area contributed by atoms with Crippen LogP contribution in [-0.4, -0.2) is 14.5 Å². The van der Waals surface area contributed by atoms with E-state index in [1.807, 2.05) is 72.9 Å². The second-order valence-electron chi connectivity index (χ2n) is 8.13. The molecule has 3 aromatic heterocycles. The van der Waals surface area contributed by atoms with E-state index in [4.69, 9.17) is 4.98 Å². The number of fused-ring (bicyclic) bond motifs is 4. The van der Waals surface area contributed by atoms with E-state index in [1.165, 1.54) is 5.39 Å². The normalized spacial score (nSPS) is 10.6. The quantitative estimate of drug-likeness (QED) is 0.181. The first-order chi connectivity index (χ1) is 17.4. The van der Waals surface area contributed by atoms with Gasteiger partial charge >= 0.3 is 21.1 Å². The van der Waals surface area contributed by atoms with Gasteiger partial charge in [-0.1, -0.05) is 48.0 Å². The molecule has 0 unspecified atom stereocenters. The third kappa shape index (κ3) is 4.46. The van der Waals surface area contributed by atoms with E-state index in [2.05, 4.69) is 76.3 Å². The maximum Gasteiger partial charge on any atom is 2.00 e. The summed E-state index contributed by atoms with van der Waals surface area (Å²) in [5, 5.41) is 3.43. The van der Waals surface area contributed by atoms with E-state index in [0.29, 0.717) is 0 Å². The fourth-order valence-corrected chi connectivity index (χ4v) is 4.41. The Bertz CT molecular complexity index is 1700. The Morgan fingerprint density at radius 3 is 2.19 bits per heavy atom. The van der Waals surface area contributed by atoms with Crippen molar-refractivity contribution in [1.82, 2.24) is 14.5 Å². The Hall–Kier alpha value is -4.07. The van der Waals surface area contributed by atoms with Gasteiger partial charge in [0.25, 0.3) is 0 Å². The summed E-state index contributed by atoms with van der Waals surface area (Å²) in [5.41, 5.74) is 5.13. The Labute approximate surface area is 224 Å². The molecule has 3 heterocycles. The minimum absolute atomic E-state index is 0. The van der Waals surface area contributed by atoms with Crippen LogP contribution in [0.5, 0.6) is 0 Å². The van der Waals surface area contributed by atoms with Crippen molar-refractivity contribution in [3.8, 4) is 16.9 Å². The molecule has 174 valence electrons. The summed E-state index contributed by atoms with van der Waals surface area (Å²) in [6.45, 7) is 0. The van der Waals surface area contributed by atoms with Crippen LogP contribution in [0.25, 0.3) is 49.8 Å². The van der Waals surface area contributed by atoms with E-state index >= 15 is 0 Å². The molecule has 36 heavy (non-hydrogen) atoms. The molecule has 0 spiro atoms. The van der Waals surface area contributed by atoms with E-state index in [1.54, 1.807) is 0 Å². The predicted molar refractivity (Wildman–Crippen MR) is 143 cm³/mol. The molecule has 0 radical (unpaired) electrons. The minimum atomic E-state index is 0. The van der Waals surface area contributed by atoms with E-state index in [0.717, 1.165) is 44.4 Å². The molecule has 0 saturated carbocycles. The monoisotopic (exact) mass is 642 g/mol. The van der Waals surface area contributed by atoms with Crippen LogP contribution in [-0.2, 0) is 21.1 Å². The molecule has 0 fully saturated rings. The summed E-state index contributed by atoms with van der Waals surface area (Å²) < 4.78 is 2.15. The van der Waals surface area contributed by atoms with E-state index < -0.39 is 0 Å². The molecule has 0 saturated heterocycles. The van der Waals surface area contributed by atoms with Crippen LogP contribution < -0.4 is 0 Å². The summed E-state index contributed by atoms with van der Waals surface area (Å²) in [6.07, 6.45) is 1.82. The number of nitrogens with zero attached hydrogens (tertiary/aromatic N) is 3. The van der Waals surface area contributed by atoms with Crippen LogP contribution in [0.2, 0.25) is 0 Å². The van der Waals surface area contributed by atoms with Gasteiger partial charge in [-0.2, -0.15) is 36.4 Å². The van der Waals surface area contributed by atoms with Gasteiger partial charge < -0.3 is 0 Å². The van der Waals surface area contributed by atoms with Gasteiger partial charge in [0.05, 0.1) is 5.52 Å². The second kappa shape index (κ2) is 10.7. The molecule has 0 aliphatic carbocycles. The Morgan fingerprint density at radius 2 is 1.47 bits per heavy atom. The Morgan fingerprint density at radius 1 is 0.667 bits per heavy atom. The average Bonchev–Trinajstić information content (AvgIpc) is 3.27. The zero-order valence-corrected chi connectivity index (χ0v) is 21.6. The van der Waals surface area contributed by atoms with Crippen molar-refractivity contribution >= 4 is 32.8 Å². The van der Waals surface area contributed by atoms with E-state index in [9.17, 15) is 0 Å². The van der Waals surface area contributed by atoms with Gasteiger partial charge in [-0.3, -0.25) is 4.57 Å². The van der Waals surface area contributed by atoms with Gasteiger partial charge in [-0.25, -0.2) is 9.97 Å². The first-order valence-electron chi connectivity index (χ1n) is 11.5. The number of benzene rings is 4. The number of pyridine rings is 2. The average molecular weight is 643 g/mol. The SMILES string of the molecule is [Pt+2].[c-]1ccccc1.[c-]1ccccc1-c1cccc2cc3c4ccccc4n(-c4ccccn4)c3nc12. The van der Waals surface area contributed by atoms with Crippen molar-refractivity contribution in [2.75, 3.05) is 0 Å². The molecule has 0 aliphatic heterocycles. The van der Waals surface area contributed by atoms with Gasteiger partial charge in [-0.05, 0) is 29.7 Å². The molecule has 0 N–H and O–H groups in total. The van der Waals surface area contributed by atoms with Crippen LogP contribution in [0.15, 0.2) is 128 Å². The van der Waals surface area contributed by atoms with Crippen LogP contribution >= 0.6 is 0 Å². The van der Waals surface area contributed by atoms with Gasteiger partial charge in [0.15, 0.2) is 0 Å². The molecule has 0 bridgehead atoms. The van der Waals surface area contributed by atoms with Gasteiger partial charge in [0.1, 0.15) is 11.5 Å². The zero-order valence-electron chi connectivity index (χ0n) is 19.3. The van der Waals surface area contributed by atoms with Crippen LogP contribution in [0, 0.1) is 12.1 Å². The number of hydrogen-bond donors (Lipinski definition) is 0. The fourth-order valence-electron chi connectivity index (χ4n) is 4.41. The van der Waals surface area contributed by atoms with Crippen LogP contribution in [0.3, 0.4) is 0 Å². The number of rotatable bonds is 2. The molecular weight excluding hydrogens is 621 g/mol. The third-order valence-electron chi connectivity index (χ3n) is 5.96. The molecule has 7 aromatic rings. The number of hydrogen-bond acceptors (Lipinski definition) is 2. The minimum Gasteiger partial charge on any atom is -0.278 e. The van der Waals surface area contributed by atoms with Crippen LogP contribution in [0.4, 0.5) is 0 Å². The maximum atomic E-state index is 5.17. The van der Waals surface area contributed by atoms with Crippen LogP contribution in [0.1, 0.15) is 0 Å². The fraction of sp³-hybridized carbons (Fsp3) is 0. The predicted octanol–water partition coefficient (Wildman–Crippen LogP) is 7.68. The summed E-state index contributed by atoms with van der Waals surface area (Å²) in [5.74, 6) is 0.870. The molecule has 4 heteroatoms. The summed E-state index contributed by atoms with van der Waals surface area (Å²) in [4.78, 5) is 9.77. The zero-order chi connectivity index (χ0) is 23.5. The largest absolute Gasteiger partial charge is 2.00 e. The van der Waals surface area contributed by atoms with Crippen molar-refractivity contribution in [1.29, 1.82) is 0 Å². The van der Waals surface area contributed by atoms with Crippen molar-refractivity contribution in [2.24, 2.45) is 0 Å². The molecule has 0 aliphatic rings. The molecule has 0 amide bonds. The molecular formula is C32H21N3Pt. The Balaban J connectivity index is 0.000000337. The van der Waals surface area contributed by atoms with Crippen molar-refractivity contribution in [3.05, 3.63) is 140 Å². The van der Waals surface area contributed by atoms with Gasteiger partial charge in [0, 0.05) is 22.5 Å².